The third-order valence-corrected chi connectivity index (χ3v) is 5.54. The molecule has 0 aromatic heterocycles. The van der Waals surface area contributed by atoms with Gasteiger partial charge in [0.25, 0.3) is 0 Å². The van der Waals surface area contributed by atoms with Crippen LogP contribution in [-0.2, 0) is 21.0 Å². The van der Waals surface area contributed by atoms with E-state index in [1.165, 1.54) is 16.2 Å². The van der Waals surface area contributed by atoms with Crippen LogP contribution in [0.15, 0.2) is 54.6 Å². The zero-order valence-electron chi connectivity index (χ0n) is 16.5. The number of carbonyl (C=O) groups is 2. The van der Waals surface area contributed by atoms with Gasteiger partial charge in [-0.3, -0.25) is 19.3 Å². The van der Waals surface area contributed by atoms with Gasteiger partial charge in [0.05, 0.1) is 19.1 Å². The quantitative estimate of drug-likeness (QED) is 0.848. The summed E-state index contributed by atoms with van der Waals surface area (Å²) in [7, 11) is 0. The maximum absolute atomic E-state index is 12.6. The van der Waals surface area contributed by atoms with Gasteiger partial charge in [0.15, 0.2) is 0 Å². The van der Waals surface area contributed by atoms with Crippen molar-refractivity contribution < 1.29 is 14.4 Å². The van der Waals surface area contributed by atoms with Crippen molar-refractivity contribution in [3.05, 3.63) is 60.2 Å². The first-order valence-corrected chi connectivity index (χ1v) is 10.3. The van der Waals surface area contributed by atoms with Gasteiger partial charge in [-0.2, -0.15) is 0 Å². The number of rotatable bonds is 5. The zero-order valence-corrected chi connectivity index (χ0v) is 16.5. The van der Waals surface area contributed by atoms with Crippen molar-refractivity contribution in [2.45, 2.75) is 31.8 Å². The summed E-state index contributed by atoms with van der Waals surface area (Å²) in [4.78, 5) is 32.6. The van der Waals surface area contributed by atoms with Crippen molar-refractivity contribution >= 4 is 11.8 Å². The van der Waals surface area contributed by atoms with Gasteiger partial charge in [-0.15, -0.1) is 0 Å². The van der Waals surface area contributed by atoms with Gasteiger partial charge in [-0.05, 0) is 29.5 Å². The molecule has 0 aliphatic carbocycles. The average Bonchev–Trinajstić information content (AvgIpc) is 2.78. The van der Waals surface area contributed by atoms with E-state index in [9.17, 15) is 9.59 Å². The Balaban J connectivity index is 1.43. The van der Waals surface area contributed by atoms with Gasteiger partial charge in [-0.25, -0.2) is 5.06 Å². The lowest BCUT2D eigenvalue weighted by molar-refractivity contribution is -0.198. The second-order valence-electron chi connectivity index (χ2n) is 7.58. The summed E-state index contributed by atoms with van der Waals surface area (Å²) >= 11 is 0. The number of hydrogen-bond donors (Lipinski definition) is 1. The average molecular weight is 393 g/mol. The Bertz CT molecular complexity index is 832. The smallest absolute Gasteiger partial charge is 0.248 e. The van der Waals surface area contributed by atoms with Gasteiger partial charge in [0.1, 0.15) is 0 Å². The van der Waals surface area contributed by atoms with Crippen LogP contribution < -0.4 is 5.32 Å². The second kappa shape index (κ2) is 9.20. The molecule has 2 saturated heterocycles. The first-order chi connectivity index (χ1) is 14.2. The van der Waals surface area contributed by atoms with Crippen LogP contribution in [0.2, 0.25) is 0 Å². The molecule has 0 bridgehead atoms. The zero-order chi connectivity index (χ0) is 20.1. The Kier molecular flexibility index (Phi) is 6.22. The second-order valence-corrected chi connectivity index (χ2v) is 7.58. The van der Waals surface area contributed by atoms with Crippen LogP contribution in [0.5, 0.6) is 0 Å². The van der Waals surface area contributed by atoms with Crippen molar-refractivity contribution in [3.63, 3.8) is 0 Å². The molecule has 2 aromatic rings. The molecule has 0 spiro atoms. The number of nitrogens with zero attached hydrogens (tertiary/aromatic N) is 2. The molecule has 152 valence electrons. The van der Waals surface area contributed by atoms with Crippen LogP contribution in [0.3, 0.4) is 0 Å². The fourth-order valence-electron chi connectivity index (χ4n) is 3.90. The first-order valence-electron chi connectivity index (χ1n) is 10.3. The van der Waals surface area contributed by atoms with Crippen molar-refractivity contribution in [1.82, 2.24) is 15.3 Å². The molecule has 0 unspecified atom stereocenters. The molecule has 6 nitrogen and oxygen atoms in total. The van der Waals surface area contributed by atoms with E-state index >= 15 is 0 Å². The highest BCUT2D eigenvalue weighted by molar-refractivity contribution is 5.88. The van der Waals surface area contributed by atoms with E-state index in [4.69, 9.17) is 4.84 Å². The number of piperazine rings is 1. The molecule has 1 N–H and O–H groups in total. The van der Waals surface area contributed by atoms with Crippen LogP contribution in [0.25, 0.3) is 11.1 Å². The minimum Gasteiger partial charge on any atom is -0.353 e. The van der Waals surface area contributed by atoms with Gasteiger partial charge in [0, 0.05) is 26.2 Å². The van der Waals surface area contributed by atoms with E-state index in [2.05, 4.69) is 46.6 Å². The van der Waals surface area contributed by atoms with Crippen LogP contribution >= 0.6 is 0 Å². The highest BCUT2D eigenvalue weighted by atomic mass is 16.7. The fraction of sp³-hybridized carbons (Fsp3) is 0.391. The summed E-state index contributed by atoms with van der Waals surface area (Å²) in [6.45, 7) is 3.15. The van der Waals surface area contributed by atoms with Gasteiger partial charge in [-0.1, -0.05) is 54.6 Å². The summed E-state index contributed by atoms with van der Waals surface area (Å²) < 4.78 is 0. The lowest BCUT2D eigenvalue weighted by Crippen LogP contribution is -2.56. The maximum Gasteiger partial charge on any atom is 0.248 e. The summed E-state index contributed by atoms with van der Waals surface area (Å²) in [6, 6.07) is 18.2. The summed E-state index contributed by atoms with van der Waals surface area (Å²) in [5.74, 6) is -0.196. The third-order valence-electron chi connectivity index (χ3n) is 5.54. The van der Waals surface area contributed by atoms with E-state index < -0.39 is 6.04 Å². The predicted molar refractivity (Wildman–Crippen MR) is 111 cm³/mol. The van der Waals surface area contributed by atoms with Crippen molar-refractivity contribution in [2.24, 2.45) is 0 Å². The highest BCUT2D eigenvalue weighted by Gasteiger charge is 2.33. The molecule has 2 fully saturated rings. The predicted octanol–water partition coefficient (Wildman–Crippen LogP) is 2.60. The minimum atomic E-state index is -0.462. The first kappa shape index (κ1) is 19.6. The van der Waals surface area contributed by atoms with Crippen molar-refractivity contribution in [1.29, 1.82) is 0 Å². The van der Waals surface area contributed by atoms with Crippen molar-refractivity contribution in [3.8, 4) is 11.1 Å². The standard InChI is InChI=1S/C23H27N3O3/c27-22(26-13-4-5-15-29-26)16-21-23(28)24-12-14-25(21)17-18-8-10-20(11-9-18)19-6-2-1-3-7-19/h1-3,6-11,21H,4-5,12-17H2,(H,24,28)/t21-/m0/s1. The third kappa shape index (κ3) is 4.83. The molecule has 2 amide bonds. The fourth-order valence-corrected chi connectivity index (χ4v) is 3.90. The van der Waals surface area contributed by atoms with E-state index in [0.717, 1.165) is 24.9 Å². The van der Waals surface area contributed by atoms with Gasteiger partial charge < -0.3 is 5.32 Å². The molecule has 0 radical (unpaired) electrons. The Morgan fingerprint density at radius 2 is 1.76 bits per heavy atom. The Morgan fingerprint density at radius 1 is 1.00 bits per heavy atom. The molecule has 29 heavy (non-hydrogen) atoms. The van der Waals surface area contributed by atoms with E-state index in [1.54, 1.807) is 0 Å². The lowest BCUT2D eigenvalue weighted by atomic mass is 10.0. The Morgan fingerprint density at radius 3 is 2.48 bits per heavy atom. The summed E-state index contributed by atoms with van der Waals surface area (Å²) in [5.41, 5.74) is 3.48. The minimum absolute atomic E-state index is 0.0810. The SMILES string of the molecule is O=C1NCCN(Cc2ccc(-c3ccccc3)cc2)[C@H]1CC(=O)N1CCCCO1. The molecule has 0 saturated carbocycles. The van der Waals surface area contributed by atoms with E-state index in [0.29, 0.717) is 26.2 Å². The number of carbonyl (C=O) groups excluding carboxylic acids is 2. The number of hydroxylamine groups is 2. The number of nitrogens with one attached hydrogen (secondary N) is 1. The molecular weight excluding hydrogens is 366 g/mol. The van der Waals surface area contributed by atoms with Crippen LogP contribution in [0.1, 0.15) is 24.8 Å². The summed E-state index contributed by atoms with van der Waals surface area (Å²) in [5, 5.41) is 4.32. The Labute approximate surface area is 171 Å². The number of hydrogen-bond acceptors (Lipinski definition) is 4. The van der Waals surface area contributed by atoms with E-state index in [1.807, 2.05) is 18.2 Å². The molecule has 1 atom stereocenters. The molecule has 2 aliphatic heterocycles. The molecule has 2 aliphatic rings. The van der Waals surface area contributed by atoms with Crippen LogP contribution in [0.4, 0.5) is 0 Å². The lowest BCUT2D eigenvalue weighted by Gasteiger charge is -2.36. The van der Waals surface area contributed by atoms with Gasteiger partial charge >= 0.3 is 0 Å². The topological polar surface area (TPSA) is 61.9 Å². The normalized spacial score (nSPS) is 20.3. The molecule has 4 rings (SSSR count). The maximum atomic E-state index is 12.6. The Hall–Kier alpha value is -2.70. The molecule has 2 heterocycles. The number of benzene rings is 2. The van der Waals surface area contributed by atoms with Crippen LogP contribution in [-0.4, -0.2) is 54.1 Å². The molecule has 2 aromatic carbocycles. The van der Waals surface area contributed by atoms with Crippen molar-refractivity contribution in [2.75, 3.05) is 26.2 Å². The summed E-state index contributed by atoms with van der Waals surface area (Å²) in [6.07, 6.45) is 2.06. The van der Waals surface area contributed by atoms with E-state index in [-0.39, 0.29) is 18.2 Å². The highest BCUT2D eigenvalue weighted by Crippen LogP contribution is 2.21. The van der Waals surface area contributed by atoms with Gasteiger partial charge in [0.2, 0.25) is 11.8 Å². The molecular formula is C23H27N3O3. The largest absolute Gasteiger partial charge is 0.353 e. The molecule has 6 heteroatoms. The van der Waals surface area contributed by atoms with Crippen LogP contribution in [0, 0.1) is 0 Å². The monoisotopic (exact) mass is 393 g/mol. The number of amides is 2.